The number of carboxylic acid groups (broad SMARTS) is 2. The molecule has 0 spiro atoms. The number of hydrogen-bond acceptors (Lipinski definition) is 3. The van der Waals surface area contributed by atoms with Gasteiger partial charge in [-0.05, 0) is 67.6 Å². The van der Waals surface area contributed by atoms with Gasteiger partial charge in [0.25, 0.3) is 0 Å². The molecule has 0 heterocycles. The van der Waals surface area contributed by atoms with Crippen molar-refractivity contribution in [1.29, 1.82) is 0 Å². The lowest BCUT2D eigenvalue weighted by Crippen LogP contribution is -2.38. The Bertz CT molecular complexity index is 473. The Hall–Kier alpha value is -1.10. The number of aliphatic hydroxyl groups excluding tert-OH is 1. The smallest absolute Gasteiger partial charge is 0.306 e. The minimum absolute atomic E-state index is 0.137. The van der Waals surface area contributed by atoms with Crippen molar-refractivity contribution in [3.63, 3.8) is 0 Å². The van der Waals surface area contributed by atoms with E-state index in [-0.39, 0.29) is 18.4 Å². The molecular formula is C23H40O5. The van der Waals surface area contributed by atoms with E-state index in [2.05, 4.69) is 13.8 Å². The zero-order valence-corrected chi connectivity index (χ0v) is 17.9. The van der Waals surface area contributed by atoms with Crippen molar-refractivity contribution in [3.05, 3.63) is 0 Å². The second-order valence-corrected chi connectivity index (χ2v) is 10.3. The van der Waals surface area contributed by atoms with Gasteiger partial charge in [-0.25, -0.2) is 0 Å². The van der Waals surface area contributed by atoms with Gasteiger partial charge in [0.05, 0.1) is 11.8 Å². The van der Waals surface area contributed by atoms with Crippen LogP contribution in [0, 0.1) is 40.9 Å². The summed E-state index contributed by atoms with van der Waals surface area (Å²) in [5.41, 5.74) is -0.668. The predicted octanol–water partition coefficient (Wildman–Crippen LogP) is 4.82. The molecule has 2 rings (SSSR count). The highest BCUT2D eigenvalue weighted by atomic mass is 16.4. The average Bonchev–Trinajstić information content (AvgIpc) is 2.65. The molecule has 0 aliphatic heterocycles. The largest absolute Gasteiger partial charge is 0.481 e. The fraction of sp³-hybridized carbons (Fsp3) is 0.913. The molecule has 3 N–H and O–H groups in total. The third kappa shape index (κ3) is 6.20. The summed E-state index contributed by atoms with van der Waals surface area (Å²) in [5, 5.41) is 29.9. The lowest BCUT2D eigenvalue weighted by Gasteiger charge is -2.39. The molecule has 0 aromatic heterocycles. The summed E-state index contributed by atoms with van der Waals surface area (Å²) in [4.78, 5) is 24.1. The molecule has 0 radical (unpaired) electrons. The summed E-state index contributed by atoms with van der Waals surface area (Å²) in [7, 11) is 0. The highest BCUT2D eigenvalue weighted by Crippen LogP contribution is 2.44. The van der Waals surface area contributed by atoms with Crippen molar-refractivity contribution in [1.82, 2.24) is 0 Å². The van der Waals surface area contributed by atoms with Crippen molar-refractivity contribution >= 4 is 11.9 Å². The second-order valence-electron chi connectivity index (χ2n) is 10.3. The Morgan fingerprint density at radius 3 is 1.36 bits per heavy atom. The van der Waals surface area contributed by atoms with E-state index >= 15 is 0 Å². The molecule has 0 bridgehead atoms. The summed E-state index contributed by atoms with van der Waals surface area (Å²) in [6.45, 7) is 6.15. The fourth-order valence-corrected chi connectivity index (χ4v) is 5.56. The highest BCUT2D eigenvalue weighted by Gasteiger charge is 2.41. The third-order valence-electron chi connectivity index (χ3n) is 7.70. The number of rotatable bonds is 9. The van der Waals surface area contributed by atoms with Gasteiger partial charge >= 0.3 is 11.9 Å². The molecule has 162 valence electrons. The molecule has 2 aliphatic carbocycles. The molecule has 2 fully saturated rings. The quantitative estimate of drug-likeness (QED) is 0.519. The average molecular weight is 397 g/mol. The van der Waals surface area contributed by atoms with E-state index in [1.54, 1.807) is 0 Å². The number of aliphatic hydroxyl groups is 1. The minimum Gasteiger partial charge on any atom is -0.481 e. The summed E-state index contributed by atoms with van der Waals surface area (Å²) < 4.78 is 0. The maximum atomic E-state index is 12.0. The van der Waals surface area contributed by atoms with Crippen LogP contribution in [-0.2, 0) is 9.59 Å². The molecule has 2 unspecified atom stereocenters. The van der Waals surface area contributed by atoms with E-state index in [0.717, 1.165) is 51.4 Å². The van der Waals surface area contributed by atoms with Crippen LogP contribution < -0.4 is 0 Å². The molecule has 0 aromatic rings. The Kier molecular flexibility index (Phi) is 8.35. The van der Waals surface area contributed by atoms with E-state index in [1.165, 1.54) is 0 Å². The highest BCUT2D eigenvalue weighted by molar-refractivity contribution is 5.71. The summed E-state index contributed by atoms with van der Waals surface area (Å²) in [6, 6.07) is 0. The fourth-order valence-electron chi connectivity index (χ4n) is 5.56. The van der Waals surface area contributed by atoms with E-state index < -0.39 is 29.2 Å². The molecule has 2 aliphatic rings. The minimum atomic E-state index is -0.794. The van der Waals surface area contributed by atoms with E-state index in [1.807, 2.05) is 6.92 Å². The van der Waals surface area contributed by atoms with Gasteiger partial charge in [0.2, 0.25) is 0 Å². The second kappa shape index (κ2) is 10.1. The first kappa shape index (κ1) is 23.2. The molecule has 28 heavy (non-hydrogen) atoms. The van der Waals surface area contributed by atoms with Crippen molar-refractivity contribution in [3.8, 4) is 0 Å². The molecule has 2 saturated carbocycles. The molecule has 5 heteroatoms. The van der Waals surface area contributed by atoms with Crippen LogP contribution in [-0.4, -0.2) is 33.9 Å². The third-order valence-corrected chi connectivity index (χ3v) is 7.70. The van der Waals surface area contributed by atoms with Gasteiger partial charge in [0.1, 0.15) is 0 Å². The maximum absolute atomic E-state index is 12.0. The predicted molar refractivity (Wildman–Crippen MR) is 109 cm³/mol. The van der Waals surface area contributed by atoms with Crippen LogP contribution in [0.3, 0.4) is 0 Å². The molecule has 0 saturated heterocycles. The van der Waals surface area contributed by atoms with Crippen molar-refractivity contribution < 1.29 is 24.9 Å². The summed E-state index contributed by atoms with van der Waals surface area (Å²) >= 11 is 0. The molecule has 5 nitrogen and oxygen atoms in total. The Morgan fingerprint density at radius 2 is 1.11 bits per heavy atom. The van der Waals surface area contributed by atoms with E-state index in [0.29, 0.717) is 24.7 Å². The number of hydrogen-bond donors (Lipinski definition) is 3. The Morgan fingerprint density at radius 1 is 0.786 bits per heavy atom. The molecule has 0 amide bonds. The topological polar surface area (TPSA) is 94.8 Å². The molecule has 0 aromatic carbocycles. The van der Waals surface area contributed by atoms with Crippen LogP contribution in [0.5, 0.6) is 0 Å². The van der Waals surface area contributed by atoms with Crippen LogP contribution in [0.25, 0.3) is 0 Å². The lowest BCUT2D eigenvalue weighted by atomic mass is 9.65. The van der Waals surface area contributed by atoms with Gasteiger partial charge in [-0.1, -0.05) is 46.5 Å². The van der Waals surface area contributed by atoms with Crippen LogP contribution in [0.4, 0.5) is 0 Å². The Labute approximate surface area is 169 Å². The van der Waals surface area contributed by atoms with Crippen LogP contribution in [0.15, 0.2) is 0 Å². The number of carboxylic acids is 2. The SMILES string of the molecule is CC1CCC(C(CC(C)(CO)CC(C(=O)O)C2CCC(C)CC2)C(=O)O)CC1. The van der Waals surface area contributed by atoms with Gasteiger partial charge in [-0.2, -0.15) is 0 Å². The van der Waals surface area contributed by atoms with Crippen LogP contribution >= 0.6 is 0 Å². The van der Waals surface area contributed by atoms with Gasteiger partial charge in [-0.3, -0.25) is 9.59 Å². The Balaban J connectivity index is 2.09. The summed E-state index contributed by atoms with van der Waals surface area (Å²) in [5.74, 6) is -0.997. The van der Waals surface area contributed by atoms with E-state index in [4.69, 9.17) is 0 Å². The first-order valence-electron chi connectivity index (χ1n) is 11.2. The normalized spacial score (nSPS) is 32.9. The monoisotopic (exact) mass is 396 g/mol. The molecular weight excluding hydrogens is 356 g/mol. The van der Waals surface area contributed by atoms with Gasteiger partial charge in [0, 0.05) is 6.61 Å². The van der Waals surface area contributed by atoms with Crippen molar-refractivity contribution in [2.45, 2.75) is 85.0 Å². The standard InChI is InChI=1S/C23H40O5/c1-15-4-8-17(9-5-15)19(21(25)26)12-23(3,14-24)13-20(22(27)28)18-10-6-16(2)7-11-18/h15-20,24H,4-14H2,1-3H3,(H,25,26)(H,27,28). The van der Waals surface area contributed by atoms with Crippen molar-refractivity contribution in [2.75, 3.05) is 6.61 Å². The van der Waals surface area contributed by atoms with Gasteiger partial charge < -0.3 is 15.3 Å². The van der Waals surface area contributed by atoms with E-state index in [9.17, 15) is 24.9 Å². The lowest BCUT2D eigenvalue weighted by molar-refractivity contribution is -0.148. The number of aliphatic carboxylic acids is 2. The maximum Gasteiger partial charge on any atom is 0.306 e. The zero-order chi connectivity index (χ0) is 20.9. The number of carbonyl (C=O) groups is 2. The van der Waals surface area contributed by atoms with Gasteiger partial charge in [-0.15, -0.1) is 0 Å². The van der Waals surface area contributed by atoms with Crippen LogP contribution in [0.2, 0.25) is 0 Å². The first-order chi connectivity index (χ1) is 13.1. The van der Waals surface area contributed by atoms with Crippen LogP contribution in [0.1, 0.15) is 85.0 Å². The molecule has 2 atom stereocenters. The zero-order valence-electron chi connectivity index (χ0n) is 17.9. The van der Waals surface area contributed by atoms with Gasteiger partial charge in [0.15, 0.2) is 0 Å². The summed E-state index contributed by atoms with van der Waals surface area (Å²) in [6.07, 6.45) is 8.64. The first-order valence-corrected chi connectivity index (χ1v) is 11.2. The van der Waals surface area contributed by atoms with Crippen molar-refractivity contribution in [2.24, 2.45) is 40.9 Å².